The van der Waals surface area contributed by atoms with Gasteiger partial charge >= 0.3 is 0 Å². The lowest BCUT2D eigenvalue weighted by atomic mass is 9.62. The molecule has 210 valence electrons. The fourth-order valence-corrected chi connectivity index (χ4v) is 4.64. The number of rotatable bonds is 16. The lowest BCUT2D eigenvalue weighted by molar-refractivity contribution is -0.153. The van der Waals surface area contributed by atoms with Gasteiger partial charge in [-0.2, -0.15) is 0 Å². The zero-order valence-electron chi connectivity index (χ0n) is 22.9. The summed E-state index contributed by atoms with van der Waals surface area (Å²) in [5.41, 5.74) is -0.459. The molecule has 39 heavy (non-hydrogen) atoms. The minimum atomic E-state index is -1.95. The van der Waals surface area contributed by atoms with Crippen molar-refractivity contribution in [1.29, 1.82) is 0 Å². The highest BCUT2D eigenvalue weighted by atomic mass is 16.5. The predicted octanol–water partition coefficient (Wildman–Crippen LogP) is 3.66. The Labute approximate surface area is 229 Å². The van der Waals surface area contributed by atoms with E-state index in [0.717, 1.165) is 0 Å². The third kappa shape index (κ3) is 7.72. The van der Waals surface area contributed by atoms with Crippen LogP contribution in [0.4, 0.5) is 0 Å². The van der Waals surface area contributed by atoms with E-state index in [4.69, 9.17) is 9.47 Å². The molecule has 0 heterocycles. The van der Waals surface area contributed by atoms with E-state index in [1.165, 1.54) is 12.2 Å². The minimum absolute atomic E-state index is 0.0385. The van der Waals surface area contributed by atoms with Gasteiger partial charge in [0.05, 0.1) is 20.8 Å². The maximum absolute atomic E-state index is 13.9. The molecule has 0 amide bonds. The number of carbonyl (C=O) groups is 3. The molecular weight excluding hydrogens is 500 g/mol. The van der Waals surface area contributed by atoms with E-state index >= 15 is 0 Å². The number of carbonyl (C=O) groups excluding carboxylic acids is 3. The number of Topliss-reactive ketones (excluding diaryl/α,β-unsaturated/α-hetero) is 1. The number of benzene rings is 2. The molecule has 0 saturated heterocycles. The summed E-state index contributed by atoms with van der Waals surface area (Å²) < 4.78 is 10.3. The van der Waals surface area contributed by atoms with E-state index in [9.17, 15) is 29.7 Å². The number of hydrogen-bond donors (Lipinski definition) is 3. The second kappa shape index (κ2) is 15.1. The fourth-order valence-electron chi connectivity index (χ4n) is 4.64. The van der Waals surface area contributed by atoms with E-state index in [2.05, 4.69) is 0 Å². The summed E-state index contributed by atoms with van der Waals surface area (Å²) in [4.78, 5) is 41.2. The monoisotopic (exact) mass is 538 g/mol. The number of aliphatic hydroxyl groups excluding tert-OH is 3. The van der Waals surface area contributed by atoms with Crippen LogP contribution in [0, 0.1) is 11.3 Å². The Kier molecular flexibility index (Phi) is 12.3. The van der Waals surface area contributed by atoms with Crippen LogP contribution < -0.4 is 9.47 Å². The van der Waals surface area contributed by atoms with Crippen molar-refractivity contribution in [3.8, 4) is 11.5 Å². The van der Waals surface area contributed by atoms with Crippen LogP contribution in [0.2, 0.25) is 0 Å². The van der Waals surface area contributed by atoms with Crippen LogP contribution in [0.1, 0.15) is 44.2 Å². The number of allylic oxidation sites excluding steroid dienone is 2. The van der Waals surface area contributed by atoms with Crippen molar-refractivity contribution < 1.29 is 39.2 Å². The summed E-state index contributed by atoms with van der Waals surface area (Å²) in [5, 5.41) is 29.7. The first-order valence-corrected chi connectivity index (χ1v) is 12.9. The molecule has 0 saturated carbocycles. The molecule has 0 bridgehead atoms. The first-order chi connectivity index (χ1) is 18.7. The molecule has 0 aromatic heterocycles. The molecule has 8 nitrogen and oxygen atoms in total. The van der Waals surface area contributed by atoms with Crippen LogP contribution in [0.25, 0.3) is 12.2 Å². The Morgan fingerprint density at radius 3 is 1.59 bits per heavy atom. The lowest BCUT2D eigenvalue weighted by Gasteiger charge is -2.37. The second-order valence-electron chi connectivity index (χ2n) is 9.22. The fraction of sp³-hybridized carbons (Fsp3) is 0.387. The van der Waals surface area contributed by atoms with Gasteiger partial charge in [-0.05, 0) is 60.4 Å². The van der Waals surface area contributed by atoms with E-state index < -0.39 is 47.5 Å². The minimum Gasteiger partial charge on any atom is -0.497 e. The maximum Gasteiger partial charge on any atom is 0.170 e. The molecule has 0 fully saturated rings. The average molecular weight is 539 g/mol. The van der Waals surface area contributed by atoms with E-state index in [1.54, 1.807) is 88.8 Å². The number of ether oxygens (including phenoxy) is 2. The van der Waals surface area contributed by atoms with Crippen LogP contribution >= 0.6 is 0 Å². The van der Waals surface area contributed by atoms with Gasteiger partial charge in [-0.15, -0.1) is 0 Å². The van der Waals surface area contributed by atoms with Crippen LogP contribution in [0.5, 0.6) is 11.5 Å². The quantitative estimate of drug-likeness (QED) is 0.218. The Morgan fingerprint density at radius 2 is 1.26 bits per heavy atom. The lowest BCUT2D eigenvalue weighted by Crippen LogP contribution is -2.52. The molecule has 0 aliphatic carbocycles. The van der Waals surface area contributed by atoms with Gasteiger partial charge in [0.1, 0.15) is 29.1 Å². The molecule has 3 unspecified atom stereocenters. The largest absolute Gasteiger partial charge is 0.497 e. The molecule has 0 spiro atoms. The number of aliphatic hydroxyl groups is 3. The van der Waals surface area contributed by atoms with Crippen molar-refractivity contribution in [2.75, 3.05) is 20.8 Å². The molecular formula is C31H38O8. The Bertz CT molecular complexity index is 1080. The smallest absolute Gasteiger partial charge is 0.170 e. The molecule has 2 aromatic carbocycles. The molecule has 3 N–H and O–H groups in total. The topological polar surface area (TPSA) is 130 Å². The van der Waals surface area contributed by atoms with Crippen molar-refractivity contribution in [3.63, 3.8) is 0 Å². The highest BCUT2D eigenvalue weighted by Crippen LogP contribution is 2.40. The van der Waals surface area contributed by atoms with Crippen molar-refractivity contribution in [1.82, 2.24) is 0 Å². The van der Waals surface area contributed by atoms with Crippen molar-refractivity contribution >= 4 is 29.5 Å². The van der Waals surface area contributed by atoms with Gasteiger partial charge in [0, 0.05) is 5.92 Å². The van der Waals surface area contributed by atoms with Gasteiger partial charge in [-0.1, -0.05) is 56.7 Å². The number of hydrogen-bond acceptors (Lipinski definition) is 8. The van der Waals surface area contributed by atoms with Gasteiger partial charge in [-0.25, -0.2) is 0 Å². The van der Waals surface area contributed by atoms with Gasteiger partial charge in [-0.3, -0.25) is 14.4 Å². The van der Waals surface area contributed by atoms with E-state index in [-0.39, 0.29) is 12.8 Å². The molecule has 0 radical (unpaired) electrons. The molecule has 2 rings (SSSR count). The summed E-state index contributed by atoms with van der Waals surface area (Å²) in [6, 6.07) is 13.9. The van der Waals surface area contributed by atoms with Crippen molar-refractivity contribution in [3.05, 3.63) is 71.8 Å². The highest BCUT2D eigenvalue weighted by Gasteiger charge is 2.52. The molecule has 0 aliphatic heterocycles. The maximum atomic E-state index is 13.9. The van der Waals surface area contributed by atoms with Crippen LogP contribution in [-0.4, -0.2) is 65.7 Å². The van der Waals surface area contributed by atoms with Gasteiger partial charge in [0.2, 0.25) is 0 Å². The van der Waals surface area contributed by atoms with E-state index in [1.807, 2.05) is 0 Å². The number of ketones is 3. The standard InChI is InChI=1S/C31H38O8/c1-5-19-31(25(6-2)29(36)30(37)26(33)20-32,27(34)17-11-21-7-13-23(38-3)14-8-21)28(35)18-12-22-9-15-24(39-4)16-10-22/h7-18,25-26,30,32-33,37H,5-6,19-20H2,1-4H3/b17-11+,18-12+. The van der Waals surface area contributed by atoms with Crippen LogP contribution in [-0.2, 0) is 14.4 Å². The second-order valence-corrected chi connectivity index (χ2v) is 9.22. The summed E-state index contributed by atoms with van der Waals surface area (Å²) >= 11 is 0. The third-order valence-electron chi connectivity index (χ3n) is 6.80. The molecule has 2 aromatic rings. The van der Waals surface area contributed by atoms with Crippen LogP contribution in [0.3, 0.4) is 0 Å². The highest BCUT2D eigenvalue weighted by molar-refractivity contribution is 6.20. The van der Waals surface area contributed by atoms with Gasteiger partial charge in [0.25, 0.3) is 0 Å². The first-order valence-electron chi connectivity index (χ1n) is 12.9. The van der Waals surface area contributed by atoms with Crippen molar-refractivity contribution in [2.24, 2.45) is 11.3 Å². The predicted molar refractivity (Wildman–Crippen MR) is 149 cm³/mol. The van der Waals surface area contributed by atoms with Gasteiger partial charge < -0.3 is 24.8 Å². The normalized spacial score (nSPS) is 14.2. The zero-order chi connectivity index (χ0) is 29.0. The summed E-state index contributed by atoms with van der Waals surface area (Å²) in [5.74, 6) is -2.00. The molecule has 8 heteroatoms. The summed E-state index contributed by atoms with van der Waals surface area (Å²) in [6.45, 7) is 2.60. The average Bonchev–Trinajstić information content (AvgIpc) is 2.97. The summed E-state index contributed by atoms with van der Waals surface area (Å²) in [7, 11) is 3.09. The third-order valence-corrected chi connectivity index (χ3v) is 6.80. The Morgan fingerprint density at radius 1 is 0.821 bits per heavy atom. The van der Waals surface area contributed by atoms with Crippen molar-refractivity contribution in [2.45, 2.75) is 45.3 Å². The zero-order valence-corrected chi connectivity index (χ0v) is 22.9. The van der Waals surface area contributed by atoms with Gasteiger partial charge in [0.15, 0.2) is 17.3 Å². The SMILES string of the molecule is CCCC(C(=O)/C=C/c1ccc(OC)cc1)(C(=O)/C=C/c1ccc(OC)cc1)C(CC)C(=O)C(O)C(O)CO. The van der Waals surface area contributed by atoms with E-state index in [0.29, 0.717) is 29.0 Å². The molecule has 3 atom stereocenters. The van der Waals surface area contributed by atoms with Crippen LogP contribution in [0.15, 0.2) is 60.7 Å². The molecule has 0 aliphatic rings. The number of methoxy groups -OCH3 is 2. The first kappa shape index (κ1) is 31.6. The Balaban J connectivity index is 2.59. The summed E-state index contributed by atoms with van der Waals surface area (Å²) in [6.07, 6.45) is 2.48. The Hall–Kier alpha value is -3.59.